The second-order valence-electron chi connectivity index (χ2n) is 6.21. The molecular formula is C15H22BrN3O4S. The van der Waals surface area contributed by atoms with Gasteiger partial charge in [-0.1, -0.05) is 6.42 Å². The van der Waals surface area contributed by atoms with Crippen LogP contribution in [-0.4, -0.2) is 50.3 Å². The van der Waals surface area contributed by atoms with Crippen LogP contribution in [0, 0.1) is 0 Å². The molecule has 1 aliphatic heterocycles. The van der Waals surface area contributed by atoms with E-state index < -0.39 is 15.7 Å². The molecule has 7 nitrogen and oxygen atoms in total. The van der Waals surface area contributed by atoms with E-state index in [4.69, 9.17) is 14.6 Å². The van der Waals surface area contributed by atoms with Gasteiger partial charge in [0.05, 0.1) is 23.9 Å². The van der Waals surface area contributed by atoms with Crippen LogP contribution in [0.1, 0.15) is 32.1 Å². The Balaban J connectivity index is 1.87. The molecule has 0 aromatic carbocycles. The maximum absolute atomic E-state index is 11.5. The summed E-state index contributed by atoms with van der Waals surface area (Å²) in [6, 6.07) is 1.44. The highest BCUT2D eigenvalue weighted by molar-refractivity contribution is 9.10. The van der Waals surface area contributed by atoms with E-state index in [0.717, 1.165) is 38.8 Å². The van der Waals surface area contributed by atoms with Gasteiger partial charge in [-0.3, -0.25) is 4.90 Å². The highest BCUT2D eigenvalue weighted by Gasteiger charge is 2.41. The zero-order valence-electron chi connectivity index (χ0n) is 13.4. The molecule has 0 spiro atoms. The molecule has 2 fully saturated rings. The van der Waals surface area contributed by atoms with Crippen LogP contribution in [0.3, 0.4) is 0 Å². The number of halogens is 1. The Labute approximate surface area is 150 Å². The second-order valence-corrected chi connectivity index (χ2v) is 8.63. The van der Waals surface area contributed by atoms with Crippen LogP contribution in [0.5, 0.6) is 5.88 Å². The maximum Gasteiger partial charge on any atom is 0.239 e. The number of ether oxygens (including phenoxy) is 2. The molecule has 1 aromatic rings. The highest BCUT2D eigenvalue weighted by atomic mass is 79.9. The molecule has 9 heteroatoms. The van der Waals surface area contributed by atoms with Crippen molar-refractivity contribution in [1.82, 2.24) is 9.88 Å². The summed E-state index contributed by atoms with van der Waals surface area (Å²) in [5.41, 5.74) is -0.402. The lowest BCUT2D eigenvalue weighted by Gasteiger charge is -2.47. The largest absolute Gasteiger partial charge is 0.455 e. The minimum absolute atomic E-state index is 0.0363. The molecule has 0 radical (unpaired) electrons. The van der Waals surface area contributed by atoms with Crippen molar-refractivity contribution in [2.24, 2.45) is 5.14 Å². The summed E-state index contributed by atoms with van der Waals surface area (Å²) in [4.78, 5) is 6.49. The first-order valence-corrected chi connectivity index (χ1v) is 10.4. The normalized spacial score (nSPS) is 22.2. The van der Waals surface area contributed by atoms with Gasteiger partial charge in [0.2, 0.25) is 15.9 Å². The Kier molecular flexibility index (Phi) is 5.45. The molecule has 0 bridgehead atoms. The lowest BCUT2D eigenvalue weighted by Crippen LogP contribution is -2.58. The van der Waals surface area contributed by atoms with Gasteiger partial charge in [0.25, 0.3) is 0 Å². The molecule has 2 N–H and O–H groups in total. The molecular weight excluding hydrogens is 398 g/mol. The molecule has 24 heavy (non-hydrogen) atoms. The number of nitrogens with two attached hydrogens (primary N) is 1. The van der Waals surface area contributed by atoms with Crippen LogP contribution < -0.4 is 9.88 Å². The van der Waals surface area contributed by atoms with Crippen molar-refractivity contribution < 1.29 is 17.9 Å². The first-order chi connectivity index (χ1) is 11.4. The number of morpholine rings is 1. The van der Waals surface area contributed by atoms with Crippen molar-refractivity contribution in [3.8, 4) is 5.88 Å². The average molecular weight is 420 g/mol. The number of rotatable bonds is 4. The van der Waals surface area contributed by atoms with Crippen LogP contribution in [-0.2, 0) is 14.8 Å². The first-order valence-electron chi connectivity index (χ1n) is 8.11. The van der Waals surface area contributed by atoms with Crippen molar-refractivity contribution >= 4 is 26.0 Å². The number of primary sulfonamides is 1. The van der Waals surface area contributed by atoms with Gasteiger partial charge in [-0.15, -0.1) is 0 Å². The van der Waals surface area contributed by atoms with Gasteiger partial charge in [-0.05, 0) is 34.8 Å². The Morgan fingerprint density at radius 2 is 1.92 bits per heavy atom. The van der Waals surface area contributed by atoms with Crippen molar-refractivity contribution in [2.45, 2.75) is 42.7 Å². The number of nitrogens with zero attached hydrogens (tertiary/aromatic N) is 2. The summed E-state index contributed by atoms with van der Waals surface area (Å²) in [6.07, 6.45) is 6.50. The first kappa shape index (κ1) is 18.1. The predicted octanol–water partition coefficient (Wildman–Crippen LogP) is 1.86. The van der Waals surface area contributed by atoms with Crippen molar-refractivity contribution in [3.05, 3.63) is 16.7 Å². The fourth-order valence-corrected chi connectivity index (χ4v) is 4.44. The fraction of sp³-hybridized carbons (Fsp3) is 0.667. The van der Waals surface area contributed by atoms with Gasteiger partial charge < -0.3 is 9.47 Å². The Bertz CT molecular complexity index is 686. The molecule has 0 atom stereocenters. The average Bonchev–Trinajstić information content (AvgIpc) is 2.57. The van der Waals surface area contributed by atoms with E-state index in [1.807, 2.05) is 0 Å². The van der Waals surface area contributed by atoms with Gasteiger partial charge in [-0.25, -0.2) is 18.5 Å². The summed E-state index contributed by atoms with van der Waals surface area (Å²) < 4.78 is 35.2. The maximum atomic E-state index is 11.5. The highest BCUT2D eigenvalue weighted by Crippen LogP contribution is 2.38. The summed E-state index contributed by atoms with van der Waals surface area (Å²) in [5, 5.41) is 5.15. The monoisotopic (exact) mass is 419 g/mol. The Morgan fingerprint density at radius 1 is 1.25 bits per heavy atom. The Hall–Kier alpha value is -0.740. The Morgan fingerprint density at radius 3 is 2.50 bits per heavy atom. The number of hydrogen-bond donors (Lipinski definition) is 1. The predicted molar refractivity (Wildman–Crippen MR) is 92.1 cm³/mol. The molecule has 1 saturated heterocycles. The number of hydrogen-bond acceptors (Lipinski definition) is 6. The third-order valence-electron chi connectivity index (χ3n) is 4.62. The SMILES string of the molecule is NS(=O)(=O)c1cnc(OC2(N3CCOCC3)CCCCC2)c(Br)c1. The lowest BCUT2D eigenvalue weighted by molar-refractivity contribution is -0.143. The van der Waals surface area contributed by atoms with Crippen LogP contribution >= 0.6 is 15.9 Å². The fourth-order valence-electron chi connectivity index (χ4n) is 3.38. The van der Waals surface area contributed by atoms with E-state index in [0.29, 0.717) is 23.6 Å². The molecule has 1 saturated carbocycles. The summed E-state index contributed by atoms with van der Waals surface area (Å²) >= 11 is 3.36. The van der Waals surface area contributed by atoms with E-state index in [9.17, 15) is 8.42 Å². The number of sulfonamides is 1. The molecule has 0 unspecified atom stereocenters. The molecule has 134 valence electrons. The molecule has 3 rings (SSSR count). The van der Waals surface area contributed by atoms with E-state index in [1.54, 1.807) is 0 Å². The van der Waals surface area contributed by atoms with Crippen LogP contribution in [0.4, 0.5) is 0 Å². The van der Waals surface area contributed by atoms with Crippen LogP contribution in [0.15, 0.2) is 21.6 Å². The third kappa shape index (κ3) is 3.91. The molecule has 1 aliphatic carbocycles. The number of pyridine rings is 1. The van der Waals surface area contributed by atoms with Gasteiger partial charge in [0, 0.05) is 25.9 Å². The molecule has 2 heterocycles. The lowest BCUT2D eigenvalue weighted by atomic mass is 9.89. The minimum Gasteiger partial charge on any atom is -0.455 e. The molecule has 1 aromatic heterocycles. The topological polar surface area (TPSA) is 94.8 Å². The smallest absolute Gasteiger partial charge is 0.239 e. The van der Waals surface area contributed by atoms with Crippen LogP contribution in [0.25, 0.3) is 0 Å². The zero-order chi connectivity index (χ0) is 17.2. The van der Waals surface area contributed by atoms with Crippen molar-refractivity contribution in [3.63, 3.8) is 0 Å². The summed E-state index contributed by atoms with van der Waals surface area (Å²) in [6.45, 7) is 3.05. The van der Waals surface area contributed by atoms with Gasteiger partial charge in [-0.2, -0.15) is 0 Å². The van der Waals surface area contributed by atoms with Crippen molar-refractivity contribution in [1.29, 1.82) is 0 Å². The molecule has 0 amide bonds. The van der Waals surface area contributed by atoms with E-state index in [1.165, 1.54) is 18.7 Å². The second kappa shape index (κ2) is 7.25. The van der Waals surface area contributed by atoms with E-state index >= 15 is 0 Å². The third-order valence-corrected chi connectivity index (χ3v) is 6.07. The summed E-state index contributed by atoms with van der Waals surface area (Å²) in [5.74, 6) is 0.399. The van der Waals surface area contributed by atoms with Crippen LogP contribution in [0.2, 0.25) is 0 Å². The van der Waals surface area contributed by atoms with E-state index in [2.05, 4.69) is 25.8 Å². The number of aromatic nitrogens is 1. The quantitative estimate of drug-likeness (QED) is 0.799. The standard InChI is InChI=1S/C15H22BrN3O4S/c16-13-10-12(24(17,20)21)11-18-14(13)23-15(4-2-1-3-5-15)19-6-8-22-9-7-19/h10-11H,1-9H2,(H2,17,20,21). The van der Waals surface area contributed by atoms with Gasteiger partial charge >= 0.3 is 0 Å². The van der Waals surface area contributed by atoms with Crippen molar-refractivity contribution in [2.75, 3.05) is 26.3 Å². The zero-order valence-corrected chi connectivity index (χ0v) is 15.8. The van der Waals surface area contributed by atoms with Gasteiger partial charge in [0.15, 0.2) is 5.72 Å². The van der Waals surface area contributed by atoms with Gasteiger partial charge in [0.1, 0.15) is 4.90 Å². The molecule has 2 aliphatic rings. The minimum atomic E-state index is -3.79. The summed E-state index contributed by atoms with van der Waals surface area (Å²) in [7, 11) is -3.79. The van der Waals surface area contributed by atoms with E-state index in [-0.39, 0.29) is 4.90 Å².